The van der Waals surface area contributed by atoms with Crippen LogP contribution in [0.1, 0.15) is 13.3 Å². The van der Waals surface area contributed by atoms with E-state index in [2.05, 4.69) is 12.2 Å². The molecule has 0 unspecified atom stereocenters. The van der Waals surface area contributed by atoms with Crippen LogP contribution in [0.2, 0.25) is 0 Å². The fourth-order valence-electron chi connectivity index (χ4n) is 0.733. The molecule has 1 fully saturated rings. The molecule has 0 aromatic heterocycles. The van der Waals surface area contributed by atoms with Crippen LogP contribution < -0.4 is 5.32 Å². The molecule has 0 bridgehead atoms. The normalized spacial score (nSPS) is 38.6. The van der Waals surface area contributed by atoms with Gasteiger partial charge >= 0.3 is 0 Å². The molecule has 0 saturated carbocycles. The van der Waals surface area contributed by atoms with Gasteiger partial charge in [-0.25, -0.2) is 0 Å². The number of hydrogen-bond acceptors (Lipinski definition) is 1. The number of rotatable bonds is 2. The number of hydrogen-bond donors (Lipinski definition) is 1. The van der Waals surface area contributed by atoms with E-state index in [1.807, 2.05) is 0 Å². The molecule has 0 amide bonds. The molecule has 1 saturated heterocycles. The highest BCUT2D eigenvalue weighted by atomic mass is 19.1. The van der Waals surface area contributed by atoms with Crippen LogP contribution in [0.4, 0.5) is 4.39 Å². The van der Waals surface area contributed by atoms with Gasteiger partial charge in [0, 0.05) is 12.1 Å². The Balaban J connectivity index is 1.98. The van der Waals surface area contributed by atoms with Crippen LogP contribution in [0, 0.1) is 0 Å². The Hall–Kier alpha value is -0.110. The minimum atomic E-state index is -0.179. The van der Waals surface area contributed by atoms with E-state index in [0.29, 0.717) is 18.5 Å². The maximum absolute atomic E-state index is 11.4. The molecule has 0 radical (unpaired) electrons. The van der Waals surface area contributed by atoms with Gasteiger partial charge in [-0.05, 0) is 13.3 Å². The van der Waals surface area contributed by atoms with E-state index in [0.717, 1.165) is 0 Å². The SMILES string of the molecule is C[C@H]1N[C@H]1CCF. The fraction of sp³-hybridized carbons (Fsp3) is 1.00. The Morgan fingerprint density at radius 3 is 2.43 bits per heavy atom. The summed E-state index contributed by atoms with van der Waals surface area (Å²) in [6.45, 7) is 1.89. The Kier molecular flexibility index (Phi) is 1.28. The second kappa shape index (κ2) is 1.78. The summed E-state index contributed by atoms with van der Waals surface area (Å²) in [6, 6.07) is 1.07. The predicted molar refractivity (Wildman–Crippen MR) is 27.0 cm³/mol. The smallest absolute Gasteiger partial charge is 0.0909 e. The minimum absolute atomic E-state index is 0.179. The van der Waals surface area contributed by atoms with Crippen LogP contribution in [0.5, 0.6) is 0 Å². The lowest BCUT2D eigenvalue weighted by Gasteiger charge is -1.81. The highest BCUT2D eigenvalue weighted by Gasteiger charge is 2.29. The van der Waals surface area contributed by atoms with Gasteiger partial charge in [-0.15, -0.1) is 0 Å². The zero-order chi connectivity index (χ0) is 5.28. The third-order valence-corrected chi connectivity index (χ3v) is 1.39. The van der Waals surface area contributed by atoms with Crippen molar-refractivity contribution >= 4 is 0 Å². The largest absolute Gasteiger partial charge is 0.308 e. The van der Waals surface area contributed by atoms with Crippen LogP contribution in [-0.4, -0.2) is 18.8 Å². The van der Waals surface area contributed by atoms with Crippen LogP contribution in [-0.2, 0) is 0 Å². The van der Waals surface area contributed by atoms with Crippen molar-refractivity contribution in [2.45, 2.75) is 25.4 Å². The zero-order valence-corrected chi connectivity index (χ0v) is 4.45. The lowest BCUT2D eigenvalue weighted by Crippen LogP contribution is -1.90. The Labute approximate surface area is 42.9 Å². The van der Waals surface area contributed by atoms with Gasteiger partial charge in [0.05, 0.1) is 6.67 Å². The second-order valence-electron chi connectivity index (χ2n) is 2.04. The lowest BCUT2D eigenvalue weighted by atomic mass is 10.3. The first-order valence-corrected chi connectivity index (χ1v) is 2.66. The van der Waals surface area contributed by atoms with Crippen molar-refractivity contribution in [3.63, 3.8) is 0 Å². The number of alkyl halides is 1. The molecule has 0 aliphatic carbocycles. The molecule has 1 N–H and O–H groups in total. The van der Waals surface area contributed by atoms with Crippen molar-refractivity contribution < 1.29 is 4.39 Å². The molecule has 0 aromatic carbocycles. The van der Waals surface area contributed by atoms with E-state index in [1.54, 1.807) is 0 Å². The van der Waals surface area contributed by atoms with Crippen molar-refractivity contribution in [2.75, 3.05) is 6.67 Å². The van der Waals surface area contributed by atoms with E-state index in [4.69, 9.17) is 0 Å². The van der Waals surface area contributed by atoms with Crippen LogP contribution >= 0.6 is 0 Å². The zero-order valence-electron chi connectivity index (χ0n) is 4.45. The van der Waals surface area contributed by atoms with Crippen molar-refractivity contribution in [3.05, 3.63) is 0 Å². The summed E-state index contributed by atoms with van der Waals surface area (Å²) in [7, 11) is 0. The highest BCUT2D eigenvalue weighted by molar-refractivity contribution is 4.93. The van der Waals surface area contributed by atoms with Gasteiger partial charge in [-0.3, -0.25) is 4.39 Å². The van der Waals surface area contributed by atoms with Gasteiger partial charge in [0.2, 0.25) is 0 Å². The summed E-state index contributed by atoms with van der Waals surface area (Å²) in [4.78, 5) is 0. The third kappa shape index (κ3) is 1.13. The first kappa shape index (κ1) is 5.04. The molecule has 1 rings (SSSR count). The van der Waals surface area contributed by atoms with Crippen molar-refractivity contribution in [3.8, 4) is 0 Å². The molecule has 0 spiro atoms. The predicted octanol–water partition coefficient (Wildman–Crippen LogP) is 0.706. The molecule has 1 aliphatic heterocycles. The van der Waals surface area contributed by atoms with E-state index in [9.17, 15) is 4.39 Å². The summed E-state index contributed by atoms with van der Waals surface area (Å²) < 4.78 is 11.4. The minimum Gasteiger partial charge on any atom is -0.308 e. The average Bonchev–Trinajstić information content (AvgIpc) is 2.22. The molecule has 1 aliphatic rings. The van der Waals surface area contributed by atoms with Gasteiger partial charge in [-0.2, -0.15) is 0 Å². The van der Waals surface area contributed by atoms with Gasteiger partial charge in [0.1, 0.15) is 0 Å². The van der Waals surface area contributed by atoms with Gasteiger partial charge in [0.25, 0.3) is 0 Å². The van der Waals surface area contributed by atoms with Crippen LogP contribution in [0.15, 0.2) is 0 Å². The van der Waals surface area contributed by atoms with Crippen LogP contribution in [0.3, 0.4) is 0 Å². The van der Waals surface area contributed by atoms with Gasteiger partial charge in [0.15, 0.2) is 0 Å². The standard InChI is InChI=1S/C5H10FN/c1-4-5(7-4)2-3-6/h4-5,7H,2-3H2,1H3/t4-,5+/m1/s1. The van der Waals surface area contributed by atoms with E-state index in [-0.39, 0.29) is 6.67 Å². The van der Waals surface area contributed by atoms with Crippen molar-refractivity contribution in [1.82, 2.24) is 5.32 Å². The molecule has 42 valence electrons. The quantitative estimate of drug-likeness (QED) is 0.511. The first-order valence-electron chi connectivity index (χ1n) is 2.66. The van der Waals surface area contributed by atoms with Crippen molar-refractivity contribution in [1.29, 1.82) is 0 Å². The maximum Gasteiger partial charge on any atom is 0.0909 e. The lowest BCUT2D eigenvalue weighted by molar-refractivity contribution is 0.468. The van der Waals surface area contributed by atoms with Gasteiger partial charge in [-0.1, -0.05) is 0 Å². The van der Waals surface area contributed by atoms with E-state index in [1.165, 1.54) is 0 Å². The number of nitrogens with one attached hydrogen (secondary N) is 1. The monoisotopic (exact) mass is 103 g/mol. The van der Waals surface area contributed by atoms with Crippen molar-refractivity contribution in [2.24, 2.45) is 0 Å². The maximum atomic E-state index is 11.4. The molecular formula is C5H10FN. The third-order valence-electron chi connectivity index (χ3n) is 1.39. The summed E-state index contributed by atoms with van der Waals surface area (Å²) in [5, 5.41) is 3.09. The molecule has 2 heteroatoms. The van der Waals surface area contributed by atoms with E-state index >= 15 is 0 Å². The molecule has 1 nitrogen and oxygen atoms in total. The summed E-state index contributed by atoms with van der Waals surface area (Å²) in [5.41, 5.74) is 0. The molecule has 2 atom stereocenters. The molecule has 7 heavy (non-hydrogen) atoms. The Morgan fingerprint density at radius 1 is 1.71 bits per heavy atom. The average molecular weight is 103 g/mol. The first-order chi connectivity index (χ1) is 3.34. The van der Waals surface area contributed by atoms with Crippen LogP contribution in [0.25, 0.3) is 0 Å². The summed E-state index contributed by atoms with van der Waals surface area (Å²) in [6.07, 6.45) is 0.696. The topological polar surface area (TPSA) is 21.9 Å². The fourth-order valence-corrected chi connectivity index (χ4v) is 0.733. The molecular weight excluding hydrogens is 93.1 g/mol. The highest BCUT2D eigenvalue weighted by Crippen LogP contribution is 2.12. The summed E-state index contributed by atoms with van der Waals surface area (Å²) >= 11 is 0. The number of halogens is 1. The molecule has 1 heterocycles. The molecule has 0 aromatic rings. The Bertz CT molecular complexity index is 65.1. The van der Waals surface area contributed by atoms with E-state index < -0.39 is 0 Å². The Morgan fingerprint density at radius 2 is 2.29 bits per heavy atom. The second-order valence-corrected chi connectivity index (χ2v) is 2.04. The van der Waals surface area contributed by atoms with Gasteiger partial charge < -0.3 is 5.32 Å². The summed E-state index contributed by atoms with van der Waals surface area (Å²) in [5.74, 6) is 0.